The van der Waals surface area contributed by atoms with Crippen LogP contribution in [0.3, 0.4) is 0 Å². The molecule has 0 atom stereocenters. The van der Waals surface area contributed by atoms with E-state index in [2.05, 4.69) is 47.7 Å². The first-order valence-corrected chi connectivity index (χ1v) is 6.55. The molecule has 0 saturated heterocycles. The maximum Gasteiger partial charge on any atom is 0.0783 e. The molecule has 96 valence electrons. The zero-order valence-electron chi connectivity index (χ0n) is 11.1. The third kappa shape index (κ3) is 2.76. The van der Waals surface area contributed by atoms with Gasteiger partial charge in [0.05, 0.1) is 17.6 Å². The summed E-state index contributed by atoms with van der Waals surface area (Å²) < 4.78 is 1.94. The van der Waals surface area contributed by atoms with Gasteiger partial charge in [-0.15, -0.1) is 5.10 Å². The maximum absolute atomic E-state index is 4.21. The molecule has 0 saturated carbocycles. The zero-order valence-corrected chi connectivity index (χ0v) is 11.1. The molecule has 18 heavy (non-hydrogen) atoms. The summed E-state index contributed by atoms with van der Waals surface area (Å²) in [6, 6.07) is 8.40. The summed E-state index contributed by atoms with van der Waals surface area (Å²) in [6.45, 7) is 6.03. The highest BCUT2D eigenvalue weighted by Crippen LogP contribution is 2.16. The number of aromatic nitrogens is 3. The van der Waals surface area contributed by atoms with Crippen molar-refractivity contribution in [3.63, 3.8) is 0 Å². The van der Waals surface area contributed by atoms with Crippen LogP contribution in [0, 0.1) is 0 Å². The Morgan fingerprint density at radius 1 is 1.22 bits per heavy atom. The third-order valence-electron chi connectivity index (χ3n) is 2.92. The Morgan fingerprint density at radius 2 is 2.06 bits per heavy atom. The Kier molecular flexibility index (Phi) is 4.47. The fourth-order valence-electron chi connectivity index (χ4n) is 2.03. The van der Waals surface area contributed by atoms with Gasteiger partial charge in [-0.3, -0.25) is 0 Å². The van der Waals surface area contributed by atoms with Gasteiger partial charge in [-0.2, -0.15) is 0 Å². The molecule has 0 aliphatic rings. The van der Waals surface area contributed by atoms with E-state index in [-0.39, 0.29) is 0 Å². The third-order valence-corrected chi connectivity index (χ3v) is 2.92. The Balaban J connectivity index is 2.33. The van der Waals surface area contributed by atoms with Gasteiger partial charge in [-0.05, 0) is 24.6 Å². The van der Waals surface area contributed by atoms with Gasteiger partial charge in [0.2, 0.25) is 0 Å². The monoisotopic (exact) mass is 244 g/mol. The van der Waals surface area contributed by atoms with E-state index < -0.39 is 0 Å². The van der Waals surface area contributed by atoms with Crippen LogP contribution in [0.1, 0.15) is 31.5 Å². The van der Waals surface area contributed by atoms with Crippen LogP contribution in [-0.4, -0.2) is 21.5 Å². The molecule has 0 aliphatic carbocycles. The standard InChI is InChI=1S/C14H20N4/c1-3-7-12-8-5-6-9-14(12)18-13(10-15-4-2)11-16-17-18/h5-6,8-9,11,15H,3-4,7,10H2,1-2H3. The van der Waals surface area contributed by atoms with Gasteiger partial charge < -0.3 is 5.32 Å². The van der Waals surface area contributed by atoms with E-state index in [0.29, 0.717) is 0 Å². The van der Waals surface area contributed by atoms with Crippen LogP contribution < -0.4 is 5.32 Å². The lowest BCUT2D eigenvalue weighted by atomic mass is 10.1. The van der Waals surface area contributed by atoms with Crippen LogP contribution >= 0.6 is 0 Å². The van der Waals surface area contributed by atoms with Gasteiger partial charge in [0, 0.05) is 6.54 Å². The number of hydrogen-bond acceptors (Lipinski definition) is 3. The molecule has 4 nitrogen and oxygen atoms in total. The van der Waals surface area contributed by atoms with Crippen LogP contribution in [0.25, 0.3) is 5.69 Å². The van der Waals surface area contributed by atoms with Gasteiger partial charge in [0.1, 0.15) is 0 Å². The Hall–Kier alpha value is -1.68. The van der Waals surface area contributed by atoms with E-state index in [1.807, 2.05) is 16.9 Å². The molecule has 4 heteroatoms. The van der Waals surface area contributed by atoms with E-state index in [9.17, 15) is 0 Å². The Morgan fingerprint density at radius 3 is 2.83 bits per heavy atom. The first-order valence-electron chi connectivity index (χ1n) is 6.55. The second-order valence-corrected chi connectivity index (χ2v) is 4.30. The van der Waals surface area contributed by atoms with Crippen LogP contribution in [-0.2, 0) is 13.0 Å². The van der Waals surface area contributed by atoms with Gasteiger partial charge in [-0.25, -0.2) is 4.68 Å². The molecule has 2 aromatic rings. The lowest BCUT2D eigenvalue weighted by Gasteiger charge is -2.11. The smallest absolute Gasteiger partial charge is 0.0783 e. The minimum Gasteiger partial charge on any atom is -0.311 e. The second kappa shape index (κ2) is 6.31. The van der Waals surface area contributed by atoms with E-state index >= 15 is 0 Å². The predicted octanol–water partition coefficient (Wildman–Crippen LogP) is 2.33. The van der Waals surface area contributed by atoms with Gasteiger partial charge in [0.25, 0.3) is 0 Å². The van der Waals surface area contributed by atoms with Crippen molar-refractivity contribution in [2.24, 2.45) is 0 Å². The maximum atomic E-state index is 4.21. The number of para-hydroxylation sites is 1. The minimum absolute atomic E-state index is 0.796. The molecule has 1 N–H and O–H groups in total. The fourth-order valence-corrected chi connectivity index (χ4v) is 2.03. The average Bonchev–Trinajstić information content (AvgIpc) is 2.85. The summed E-state index contributed by atoms with van der Waals surface area (Å²) in [7, 11) is 0. The normalized spacial score (nSPS) is 10.8. The summed E-state index contributed by atoms with van der Waals surface area (Å²) in [5.41, 5.74) is 3.56. The van der Waals surface area contributed by atoms with E-state index in [4.69, 9.17) is 0 Å². The fraction of sp³-hybridized carbons (Fsp3) is 0.429. The first kappa shape index (κ1) is 12.8. The molecule has 1 aromatic heterocycles. The van der Waals surface area contributed by atoms with E-state index in [1.165, 1.54) is 5.56 Å². The van der Waals surface area contributed by atoms with E-state index in [1.54, 1.807) is 0 Å². The molecule has 0 bridgehead atoms. The minimum atomic E-state index is 0.796. The van der Waals surface area contributed by atoms with Crippen molar-refractivity contribution in [2.45, 2.75) is 33.2 Å². The number of nitrogens with zero attached hydrogens (tertiary/aromatic N) is 3. The highest BCUT2D eigenvalue weighted by molar-refractivity contribution is 5.41. The number of rotatable bonds is 6. The topological polar surface area (TPSA) is 42.7 Å². The molecular weight excluding hydrogens is 224 g/mol. The van der Waals surface area contributed by atoms with Crippen molar-refractivity contribution in [3.05, 3.63) is 41.7 Å². The molecule has 0 unspecified atom stereocenters. The van der Waals surface area contributed by atoms with Crippen LogP contribution in [0.4, 0.5) is 0 Å². The Labute approximate surface area is 108 Å². The average molecular weight is 244 g/mol. The first-order chi connectivity index (χ1) is 8.86. The van der Waals surface area contributed by atoms with Gasteiger partial charge in [0.15, 0.2) is 0 Å². The summed E-state index contributed by atoms with van der Waals surface area (Å²) in [6.07, 6.45) is 4.02. The molecule has 2 rings (SSSR count). The SMILES string of the molecule is CCCc1ccccc1-n1nncc1CNCC. The lowest BCUT2D eigenvalue weighted by molar-refractivity contribution is 0.669. The quantitative estimate of drug-likeness (QED) is 0.848. The van der Waals surface area contributed by atoms with E-state index in [0.717, 1.165) is 37.3 Å². The summed E-state index contributed by atoms with van der Waals surface area (Å²) >= 11 is 0. The number of aryl methyl sites for hydroxylation is 1. The molecule has 1 heterocycles. The highest BCUT2D eigenvalue weighted by Gasteiger charge is 2.09. The molecule has 1 aromatic carbocycles. The van der Waals surface area contributed by atoms with Crippen molar-refractivity contribution >= 4 is 0 Å². The summed E-state index contributed by atoms with van der Waals surface area (Å²) in [4.78, 5) is 0. The van der Waals surface area contributed by atoms with Crippen LogP contribution in [0.2, 0.25) is 0 Å². The van der Waals surface area contributed by atoms with Crippen molar-refractivity contribution in [2.75, 3.05) is 6.54 Å². The summed E-state index contributed by atoms with van der Waals surface area (Å²) in [5, 5.41) is 11.5. The van der Waals surface area contributed by atoms with Crippen LogP contribution in [0.5, 0.6) is 0 Å². The second-order valence-electron chi connectivity index (χ2n) is 4.30. The van der Waals surface area contributed by atoms with Crippen molar-refractivity contribution in [1.82, 2.24) is 20.3 Å². The van der Waals surface area contributed by atoms with Gasteiger partial charge in [-0.1, -0.05) is 43.7 Å². The molecular formula is C14H20N4. The molecule has 0 fully saturated rings. The predicted molar refractivity (Wildman–Crippen MR) is 72.7 cm³/mol. The van der Waals surface area contributed by atoms with Crippen molar-refractivity contribution < 1.29 is 0 Å². The lowest BCUT2D eigenvalue weighted by Crippen LogP contribution is -2.16. The number of benzene rings is 1. The molecule has 0 spiro atoms. The molecule has 0 aliphatic heterocycles. The molecule has 0 radical (unpaired) electrons. The summed E-state index contributed by atoms with van der Waals surface area (Å²) in [5.74, 6) is 0. The Bertz CT molecular complexity index is 490. The largest absolute Gasteiger partial charge is 0.311 e. The van der Waals surface area contributed by atoms with Crippen molar-refractivity contribution in [1.29, 1.82) is 0 Å². The van der Waals surface area contributed by atoms with Crippen LogP contribution in [0.15, 0.2) is 30.5 Å². The highest BCUT2D eigenvalue weighted by atomic mass is 15.4. The number of nitrogens with one attached hydrogen (secondary N) is 1. The molecule has 0 amide bonds. The van der Waals surface area contributed by atoms with Crippen molar-refractivity contribution in [3.8, 4) is 5.69 Å². The zero-order chi connectivity index (χ0) is 12.8. The number of hydrogen-bond donors (Lipinski definition) is 1. The van der Waals surface area contributed by atoms with Gasteiger partial charge >= 0.3 is 0 Å².